The predicted molar refractivity (Wildman–Crippen MR) is 109 cm³/mol. The van der Waals surface area contributed by atoms with Crippen LogP contribution >= 0.6 is 0 Å². The van der Waals surface area contributed by atoms with Gasteiger partial charge in [0, 0.05) is 24.3 Å². The Morgan fingerprint density at radius 3 is 2.07 bits per heavy atom. The summed E-state index contributed by atoms with van der Waals surface area (Å²) in [7, 11) is 0. The Morgan fingerprint density at radius 1 is 0.897 bits per heavy atom. The minimum atomic E-state index is -1.06. The molecule has 29 heavy (non-hydrogen) atoms. The molecule has 0 unspecified atom stereocenters. The minimum Gasteiger partial charge on any atom is -0.481 e. The second-order valence-electron chi connectivity index (χ2n) is 6.97. The van der Waals surface area contributed by atoms with E-state index in [0.29, 0.717) is 12.0 Å². The van der Waals surface area contributed by atoms with Crippen molar-refractivity contribution in [1.29, 1.82) is 0 Å². The van der Waals surface area contributed by atoms with Crippen molar-refractivity contribution in [1.82, 2.24) is 5.32 Å². The first-order chi connectivity index (χ1) is 13.9. The van der Waals surface area contributed by atoms with Crippen LogP contribution < -0.4 is 5.32 Å². The van der Waals surface area contributed by atoms with Crippen LogP contribution in [0.1, 0.15) is 42.1 Å². The molecular formula is C23H25NO5. The van der Waals surface area contributed by atoms with Gasteiger partial charge < -0.3 is 10.4 Å². The van der Waals surface area contributed by atoms with Gasteiger partial charge in [-0.25, -0.2) is 0 Å². The molecule has 0 fully saturated rings. The average Bonchev–Trinajstić information content (AvgIpc) is 2.72. The second kappa shape index (κ2) is 10.9. The van der Waals surface area contributed by atoms with E-state index in [1.54, 1.807) is 24.3 Å². The first-order valence-electron chi connectivity index (χ1n) is 9.54. The molecule has 0 aliphatic rings. The molecule has 2 aromatic rings. The zero-order chi connectivity index (χ0) is 21.2. The van der Waals surface area contributed by atoms with E-state index in [-0.39, 0.29) is 30.8 Å². The third-order valence-corrected chi connectivity index (χ3v) is 4.65. The van der Waals surface area contributed by atoms with E-state index in [2.05, 4.69) is 5.32 Å². The molecule has 0 bridgehead atoms. The summed E-state index contributed by atoms with van der Waals surface area (Å²) in [6, 6.07) is 17.3. The summed E-state index contributed by atoms with van der Waals surface area (Å²) in [4.78, 5) is 48.2. The van der Waals surface area contributed by atoms with E-state index < -0.39 is 23.8 Å². The van der Waals surface area contributed by atoms with Crippen LogP contribution in [0.2, 0.25) is 0 Å². The number of amides is 1. The van der Waals surface area contributed by atoms with Crippen LogP contribution in [0.5, 0.6) is 0 Å². The summed E-state index contributed by atoms with van der Waals surface area (Å²) in [5, 5.41) is 11.4. The molecule has 2 rings (SSSR count). The number of carboxylic acids is 1. The fourth-order valence-electron chi connectivity index (χ4n) is 2.98. The van der Waals surface area contributed by atoms with Gasteiger partial charge in [0.1, 0.15) is 0 Å². The van der Waals surface area contributed by atoms with Crippen LogP contribution in [0, 0.1) is 5.92 Å². The average molecular weight is 395 g/mol. The fraction of sp³-hybridized carbons (Fsp3) is 0.304. The number of benzene rings is 2. The molecule has 0 saturated heterocycles. The summed E-state index contributed by atoms with van der Waals surface area (Å²) in [5.74, 6) is -2.60. The molecule has 2 atom stereocenters. The maximum absolute atomic E-state index is 12.8. The zero-order valence-corrected chi connectivity index (χ0v) is 16.3. The topological polar surface area (TPSA) is 101 Å². The van der Waals surface area contributed by atoms with Crippen LogP contribution in [-0.2, 0) is 20.8 Å². The van der Waals surface area contributed by atoms with Gasteiger partial charge in [-0.05, 0) is 18.9 Å². The van der Waals surface area contributed by atoms with Crippen molar-refractivity contribution >= 4 is 23.4 Å². The van der Waals surface area contributed by atoms with Crippen molar-refractivity contribution in [2.75, 3.05) is 0 Å². The van der Waals surface area contributed by atoms with Crippen molar-refractivity contribution in [3.8, 4) is 0 Å². The number of aliphatic carboxylic acids is 1. The van der Waals surface area contributed by atoms with Gasteiger partial charge >= 0.3 is 5.97 Å². The van der Waals surface area contributed by atoms with Gasteiger partial charge in [-0.2, -0.15) is 0 Å². The third kappa shape index (κ3) is 7.33. The number of carbonyl (C=O) groups excluding carboxylic acids is 3. The van der Waals surface area contributed by atoms with Gasteiger partial charge in [0.2, 0.25) is 5.91 Å². The maximum Gasteiger partial charge on any atom is 0.303 e. The Morgan fingerprint density at radius 2 is 1.48 bits per heavy atom. The summed E-state index contributed by atoms with van der Waals surface area (Å²) in [6.07, 6.45) is -0.0515. The summed E-state index contributed by atoms with van der Waals surface area (Å²) >= 11 is 0. The van der Waals surface area contributed by atoms with Gasteiger partial charge in [-0.3, -0.25) is 19.2 Å². The quantitative estimate of drug-likeness (QED) is 0.570. The Bertz CT molecular complexity index is 848. The van der Waals surface area contributed by atoms with Gasteiger partial charge in [-0.1, -0.05) is 60.7 Å². The number of hydrogen-bond donors (Lipinski definition) is 2. The Kier molecular flexibility index (Phi) is 8.27. The number of rotatable bonds is 11. The number of hydrogen-bond acceptors (Lipinski definition) is 4. The van der Waals surface area contributed by atoms with Crippen LogP contribution in [0.4, 0.5) is 0 Å². The number of carboxylic acid groups (broad SMARTS) is 1. The van der Waals surface area contributed by atoms with Gasteiger partial charge in [0.25, 0.3) is 0 Å². The molecule has 152 valence electrons. The van der Waals surface area contributed by atoms with Gasteiger partial charge in [-0.15, -0.1) is 0 Å². The third-order valence-electron chi connectivity index (χ3n) is 4.65. The number of carbonyl (C=O) groups is 4. The van der Waals surface area contributed by atoms with Crippen molar-refractivity contribution in [2.45, 2.75) is 38.6 Å². The van der Waals surface area contributed by atoms with E-state index >= 15 is 0 Å². The highest BCUT2D eigenvalue weighted by Crippen LogP contribution is 2.17. The molecule has 2 N–H and O–H groups in total. The summed E-state index contributed by atoms with van der Waals surface area (Å²) in [6.45, 7) is 1.53. The molecule has 0 radical (unpaired) electrons. The van der Waals surface area contributed by atoms with Crippen LogP contribution in [0.3, 0.4) is 0 Å². The molecule has 6 nitrogen and oxygen atoms in total. The molecular weight excluding hydrogens is 370 g/mol. The molecule has 0 aromatic heterocycles. The Labute approximate surface area is 169 Å². The summed E-state index contributed by atoms with van der Waals surface area (Å²) in [5.41, 5.74) is 1.45. The first kappa shape index (κ1) is 22.0. The molecule has 0 aliphatic carbocycles. The lowest BCUT2D eigenvalue weighted by Crippen LogP contribution is -2.43. The molecule has 6 heteroatoms. The number of nitrogens with one attached hydrogen (secondary N) is 1. The molecule has 0 saturated carbocycles. The monoisotopic (exact) mass is 395 g/mol. The Hall–Kier alpha value is -3.28. The van der Waals surface area contributed by atoms with Crippen LogP contribution in [0.15, 0.2) is 60.7 Å². The standard InChI is InChI=1S/C23H25NO5/c1-16(20(25)12-13-22(27)28)24-23(29)19(14-17-8-4-2-5-9-17)15-21(26)18-10-6-3-7-11-18/h2-11,16,19H,12-15H2,1H3,(H,24,29)(H,27,28)/t16-,19+/m0/s1. The number of ketones is 2. The van der Waals surface area contributed by atoms with Gasteiger partial charge in [0.15, 0.2) is 11.6 Å². The predicted octanol–water partition coefficient (Wildman–Crippen LogP) is 3.06. The minimum absolute atomic E-state index is 0.0147. The molecule has 2 aromatic carbocycles. The van der Waals surface area contributed by atoms with E-state index in [9.17, 15) is 19.2 Å². The van der Waals surface area contributed by atoms with Crippen LogP contribution in [0.25, 0.3) is 0 Å². The highest BCUT2D eigenvalue weighted by Gasteiger charge is 2.26. The summed E-state index contributed by atoms with van der Waals surface area (Å²) < 4.78 is 0. The molecule has 0 spiro atoms. The molecule has 0 heterocycles. The number of Topliss-reactive ketones (excluding diaryl/α,β-unsaturated/α-hetero) is 2. The second-order valence-corrected chi connectivity index (χ2v) is 6.97. The van der Waals surface area contributed by atoms with E-state index in [1.165, 1.54) is 6.92 Å². The van der Waals surface area contributed by atoms with E-state index in [0.717, 1.165) is 5.56 Å². The fourth-order valence-corrected chi connectivity index (χ4v) is 2.98. The lowest BCUT2D eigenvalue weighted by Gasteiger charge is -2.19. The molecule has 1 amide bonds. The smallest absolute Gasteiger partial charge is 0.303 e. The largest absolute Gasteiger partial charge is 0.481 e. The Balaban J connectivity index is 2.09. The zero-order valence-electron chi connectivity index (χ0n) is 16.3. The maximum atomic E-state index is 12.8. The highest BCUT2D eigenvalue weighted by molar-refractivity contribution is 5.99. The van der Waals surface area contributed by atoms with Crippen LogP contribution in [-0.4, -0.2) is 34.6 Å². The van der Waals surface area contributed by atoms with Crippen molar-refractivity contribution in [2.24, 2.45) is 5.92 Å². The molecule has 0 aliphatic heterocycles. The van der Waals surface area contributed by atoms with Crippen molar-refractivity contribution < 1.29 is 24.3 Å². The van der Waals surface area contributed by atoms with E-state index in [1.807, 2.05) is 36.4 Å². The normalized spacial score (nSPS) is 12.6. The van der Waals surface area contributed by atoms with Crippen molar-refractivity contribution in [3.63, 3.8) is 0 Å². The van der Waals surface area contributed by atoms with Crippen molar-refractivity contribution in [3.05, 3.63) is 71.8 Å². The lowest BCUT2D eigenvalue weighted by molar-refractivity contribution is -0.138. The van der Waals surface area contributed by atoms with E-state index in [4.69, 9.17) is 5.11 Å². The highest BCUT2D eigenvalue weighted by atomic mass is 16.4. The SMILES string of the molecule is C[C@H](NC(=O)[C@@H](CC(=O)c1ccccc1)Cc1ccccc1)C(=O)CCC(=O)O. The van der Waals surface area contributed by atoms with Gasteiger partial charge in [0.05, 0.1) is 12.5 Å². The first-order valence-corrected chi connectivity index (χ1v) is 9.54. The lowest BCUT2D eigenvalue weighted by atomic mass is 9.91.